The van der Waals surface area contributed by atoms with E-state index in [1.165, 1.54) is 22.2 Å². The minimum Gasteiger partial charge on any atom is -0.508 e. The molecule has 6 aromatic rings. The maximum Gasteiger partial charge on any atom is 0.265 e. The number of benzene rings is 2. The zero-order valence-electron chi connectivity index (χ0n) is 30.1. The summed E-state index contributed by atoms with van der Waals surface area (Å²) in [4.78, 5) is 59.7. The van der Waals surface area contributed by atoms with Crippen molar-refractivity contribution in [2.45, 2.75) is 51.2 Å². The summed E-state index contributed by atoms with van der Waals surface area (Å²) in [5.74, 6) is -0.474. The Kier molecular flexibility index (Phi) is 9.36. The van der Waals surface area contributed by atoms with Crippen LogP contribution in [0.1, 0.15) is 51.8 Å². The largest absolute Gasteiger partial charge is 0.508 e. The van der Waals surface area contributed by atoms with Gasteiger partial charge in [-0.3, -0.25) is 23.9 Å². The van der Waals surface area contributed by atoms with E-state index in [2.05, 4.69) is 9.97 Å². The Balaban J connectivity index is 0.953. The number of aromatic hydroxyl groups is 1. The average molecular weight is 744 g/mol. The molecule has 2 saturated heterocycles. The van der Waals surface area contributed by atoms with Crippen LogP contribution in [0.2, 0.25) is 0 Å². The summed E-state index contributed by atoms with van der Waals surface area (Å²) in [6, 6.07) is 22.2. The number of phenolic OH excluding ortho intramolecular Hbond substituents is 1. The predicted molar refractivity (Wildman–Crippen MR) is 206 cm³/mol. The van der Waals surface area contributed by atoms with Crippen molar-refractivity contribution in [1.29, 1.82) is 0 Å². The van der Waals surface area contributed by atoms with Gasteiger partial charge in [-0.15, -0.1) is 11.3 Å². The van der Waals surface area contributed by atoms with Gasteiger partial charge in [0.1, 0.15) is 22.0 Å². The summed E-state index contributed by atoms with van der Waals surface area (Å²) >= 11 is 1.37. The number of aliphatic hydroxyl groups is 1. The first-order valence-electron chi connectivity index (χ1n) is 18.2. The monoisotopic (exact) mass is 743 g/mol. The van der Waals surface area contributed by atoms with Gasteiger partial charge in [0.2, 0.25) is 5.91 Å². The van der Waals surface area contributed by atoms with Crippen molar-refractivity contribution in [1.82, 2.24) is 33.9 Å². The molecular weight excluding hydrogens is 703 g/mol. The molecule has 276 valence electrons. The highest BCUT2D eigenvalue weighted by molar-refractivity contribution is 7.17. The van der Waals surface area contributed by atoms with Gasteiger partial charge in [0.25, 0.3) is 11.5 Å². The Hall–Kier alpha value is -5.66. The number of fused-ring (bicyclic) bond motifs is 1. The zero-order valence-corrected chi connectivity index (χ0v) is 30.9. The lowest BCUT2D eigenvalue weighted by Gasteiger charge is -2.43. The quantitative estimate of drug-likeness (QED) is 0.223. The highest BCUT2D eigenvalue weighted by Gasteiger charge is 2.42. The van der Waals surface area contributed by atoms with Gasteiger partial charge in [0.05, 0.1) is 28.9 Å². The number of likely N-dealkylation sites (tertiary alicyclic amines) is 2. The van der Waals surface area contributed by atoms with Gasteiger partial charge >= 0.3 is 0 Å². The Morgan fingerprint density at radius 1 is 0.944 bits per heavy atom. The number of carbonyl (C=O) groups excluding carboxylic acids is 2. The standard InChI is InChI=1S/C41H41N7O5S/c1-26-11-12-29(22-42-26)37-44-27(2)35(54-37)40(52)46-17-13-32(34(23-46)28-7-4-3-5-8-28)38(50)45-19-15-41(53,16-20-45)24-47-25-43-36-33(39(47)51)14-18-48(36)30-9-6-10-31(49)21-30/h3-12,14,18,21-22,25,32,34,49,53H,13,15-17,19-20,23-24H2,1-2H3/t32-,34+/m1/s1. The van der Waals surface area contributed by atoms with E-state index < -0.39 is 5.60 Å². The summed E-state index contributed by atoms with van der Waals surface area (Å²) < 4.78 is 3.18. The number of piperidine rings is 2. The highest BCUT2D eigenvalue weighted by Crippen LogP contribution is 2.37. The minimum absolute atomic E-state index is 0.0228. The fourth-order valence-electron chi connectivity index (χ4n) is 7.80. The second kappa shape index (κ2) is 14.3. The van der Waals surface area contributed by atoms with Crippen LogP contribution >= 0.6 is 11.3 Å². The predicted octanol–water partition coefficient (Wildman–Crippen LogP) is 5.33. The van der Waals surface area contributed by atoms with E-state index in [-0.39, 0.29) is 41.5 Å². The highest BCUT2D eigenvalue weighted by atomic mass is 32.1. The van der Waals surface area contributed by atoms with Gasteiger partial charge in [-0.2, -0.15) is 0 Å². The van der Waals surface area contributed by atoms with E-state index >= 15 is 0 Å². The van der Waals surface area contributed by atoms with Crippen molar-refractivity contribution in [3.63, 3.8) is 0 Å². The van der Waals surface area contributed by atoms with Crippen LogP contribution in [0, 0.1) is 19.8 Å². The Labute approximate surface area is 316 Å². The molecule has 2 aromatic carbocycles. The molecule has 0 saturated carbocycles. The fourth-order valence-corrected chi connectivity index (χ4v) is 8.82. The van der Waals surface area contributed by atoms with E-state index in [1.807, 2.05) is 72.2 Å². The molecule has 2 N–H and O–H groups in total. The van der Waals surface area contributed by atoms with E-state index in [1.54, 1.807) is 41.2 Å². The lowest BCUT2D eigenvalue weighted by molar-refractivity contribution is -0.142. The molecule has 4 aromatic heterocycles. The molecule has 2 atom stereocenters. The number of phenols is 1. The van der Waals surface area contributed by atoms with Crippen LogP contribution in [0.25, 0.3) is 27.3 Å². The van der Waals surface area contributed by atoms with Crippen LogP contribution < -0.4 is 5.56 Å². The summed E-state index contributed by atoms with van der Waals surface area (Å²) in [6.07, 6.45) is 6.10. The minimum atomic E-state index is -1.20. The van der Waals surface area contributed by atoms with E-state index in [0.717, 1.165) is 21.8 Å². The third-order valence-electron chi connectivity index (χ3n) is 10.8. The molecule has 2 fully saturated rings. The van der Waals surface area contributed by atoms with Crippen molar-refractivity contribution >= 4 is 34.2 Å². The van der Waals surface area contributed by atoms with Gasteiger partial charge in [-0.1, -0.05) is 36.4 Å². The molecule has 12 nitrogen and oxygen atoms in total. The van der Waals surface area contributed by atoms with Crippen LogP contribution in [0.15, 0.2) is 96.3 Å². The SMILES string of the molecule is Cc1ccc(-c2nc(C)c(C(=O)N3CC[C@@H](C(=O)N4CCC(O)(Cn5cnc6c(ccn6-c6cccc(O)c6)c5=O)CC4)[C@H](c4ccccc4)C3)s2)cn1. The van der Waals surface area contributed by atoms with Crippen LogP contribution in [-0.4, -0.2) is 87.7 Å². The number of amides is 2. The second-order valence-electron chi connectivity index (χ2n) is 14.5. The summed E-state index contributed by atoms with van der Waals surface area (Å²) in [5.41, 5.74) is 3.15. The molecule has 2 amide bonds. The number of carbonyl (C=O) groups is 2. The van der Waals surface area contributed by atoms with Crippen LogP contribution in [0.4, 0.5) is 0 Å². The number of aromatic nitrogens is 5. The molecule has 8 rings (SSSR count). The molecule has 0 aliphatic carbocycles. The molecule has 2 aliphatic rings. The Morgan fingerprint density at radius 3 is 2.48 bits per heavy atom. The average Bonchev–Trinajstić information content (AvgIpc) is 3.80. The summed E-state index contributed by atoms with van der Waals surface area (Å²) in [7, 11) is 0. The number of nitrogens with zero attached hydrogens (tertiary/aromatic N) is 7. The third-order valence-corrected chi connectivity index (χ3v) is 12.0. The zero-order chi connectivity index (χ0) is 37.6. The Bertz CT molecular complexity index is 2400. The number of aryl methyl sites for hydroxylation is 2. The maximum absolute atomic E-state index is 14.3. The molecule has 0 radical (unpaired) electrons. The normalized spacial score (nSPS) is 18.6. The van der Waals surface area contributed by atoms with Crippen molar-refractivity contribution in [2.75, 3.05) is 26.2 Å². The van der Waals surface area contributed by atoms with Gasteiger partial charge in [-0.05, 0) is 69.0 Å². The summed E-state index contributed by atoms with van der Waals surface area (Å²) in [6.45, 7) is 5.40. The summed E-state index contributed by atoms with van der Waals surface area (Å²) in [5, 5.41) is 22.8. The van der Waals surface area contributed by atoms with Crippen molar-refractivity contribution in [2.24, 2.45) is 5.92 Å². The van der Waals surface area contributed by atoms with Gasteiger partial charge in [0, 0.05) is 67.7 Å². The third kappa shape index (κ3) is 6.80. The van der Waals surface area contributed by atoms with Gasteiger partial charge < -0.3 is 24.6 Å². The molecule has 13 heteroatoms. The Morgan fingerprint density at radius 2 is 1.74 bits per heavy atom. The van der Waals surface area contributed by atoms with E-state index in [0.29, 0.717) is 72.7 Å². The van der Waals surface area contributed by atoms with Crippen LogP contribution in [0.3, 0.4) is 0 Å². The maximum atomic E-state index is 14.3. The van der Waals surface area contributed by atoms with Crippen molar-refractivity contribution in [3.8, 4) is 22.0 Å². The number of pyridine rings is 1. The molecule has 6 heterocycles. The molecular formula is C41H41N7O5S. The van der Waals surface area contributed by atoms with Gasteiger partial charge in [-0.25, -0.2) is 9.97 Å². The van der Waals surface area contributed by atoms with Crippen LogP contribution in [0.5, 0.6) is 5.75 Å². The lowest BCUT2D eigenvalue weighted by Crippen LogP contribution is -2.53. The first-order chi connectivity index (χ1) is 26.1. The van der Waals surface area contributed by atoms with Crippen molar-refractivity contribution < 1.29 is 19.8 Å². The molecule has 0 unspecified atom stereocenters. The number of hydrogen-bond donors (Lipinski definition) is 2. The molecule has 0 bridgehead atoms. The van der Waals surface area contributed by atoms with E-state index in [4.69, 9.17) is 4.98 Å². The number of hydrogen-bond acceptors (Lipinski definition) is 9. The number of rotatable bonds is 7. The van der Waals surface area contributed by atoms with Crippen LogP contribution in [-0.2, 0) is 11.3 Å². The molecule has 54 heavy (non-hydrogen) atoms. The van der Waals surface area contributed by atoms with E-state index in [9.17, 15) is 24.6 Å². The first kappa shape index (κ1) is 35.4. The smallest absolute Gasteiger partial charge is 0.265 e. The van der Waals surface area contributed by atoms with Crippen molar-refractivity contribution in [3.05, 3.63) is 124 Å². The number of thiazole rings is 1. The first-order valence-corrected chi connectivity index (χ1v) is 19.0. The van der Waals surface area contributed by atoms with Gasteiger partial charge in [0.15, 0.2) is 5.65 Å². The fraction of sp³-hybridized carbons (Fsp3) is 0.317. The second-order valence-corrected chi connectivity index (χ2v) is 15.5. The lowest BCUT2D eigenvalue weighted by atomic mass is 9.79. The molecule has 2 aliphatic heterocycles. The molecule has 0 spiro atoms. The topological polar surface area (TPSA) is 147 Å².